The molecule has 20 heavy (non-hydrogen) atoms. The van der Waals surface area contributed by atoms with Crippen LogP contribution in [0.15, 0.2) is 24.3 Å². The smallest absolute Gasteiger partial charge is 0.376 e. The zero-order valence-corrected chi connectivity index (χ0v) is 12.3. The summed E-state index contributed by atoms with van der Waals surface area (Å²) in [5.41, 5.74) is 2.30. The zero-order valence-electron chi connectivity index (χ0n) is 12.3. The Morgan fingerprint density at radius 1 is 1.25 bits per heavy atom. The largest absolute Gasteiger partial charge is 0.460 e. The van der Waals surface area contributed by atoms with Crippen LogP contribution in [-0.2, 0) is 4.74 Å². The highest BCUT2D eigenvalue weighted by Gasteiger charge is 2.22. The molecule has 1 unspecified atom stereocenters. The number of nitrogens with zero attached hydrogens (tertiary/aromatic N) is 3. The number of aryl methyl sites for hydroxylation is 2. The van der Waals surface area contributed by atoms with Crippen molar-refractivity contribution in [3.8, 4) is 0 Å². The number of aromatic nitrogens is 3. The molecule has 0 amide bonds. The van der Waals surface area contributed by atoms with Gasteiger partial charge in [0.25, 0.3) is 0 Å². The lowest BCUT2D eigenvalue weighted by molar-refractivity contribution is 0.0504. The third-order valence-corrected chi connectivity index (χ3v) is 3.27. The fourth-order valence-corrected chi connectivity index (χ4v) is 2.16. The van der Waals surface area contributed by atoms with Gasteiger partial charge < -0.3 is 4.74 Å². The third kappa shape index (κ3) is 2.71. The number of hydrogen-bond donors (Lipinski definition) is 0. The Kier molecular flexibility index (Phi) is 4.17. The van der Waals surface area contributed by atoms with E-state index in [1.165, 1.54) is 5.56 Å². The second kappa shape index (κ2) is 5.86. The van der Waals surface area contributed by atoms with Gasteiger partial charge in [-0.1, -0.05) is 29.8 Å². The van der Waals surface area contributed by atoms with Crippen molar-refractivity contribution in [3.63, 3.8) is 0 Å². The van der Waals surface area contributed by atoms with Crippen LogP contribution in [0.4, 0.5) is 0 Å². The van der Waals surface area contributed by atoms with E-state index in [0.717, 1.165) is 5.56 Å². The molecule has 1 atom stereocenters. The van der Waals surface area contributed by atoms with E-state index in [2.05, 4.69) is 22.3 Å². The summed E-state index contributed by atoms with van der Waals surface area (Å²) >= 11 is 0. The minimum Gasteiger partial charge on any atom is -0.460 e. The fourth-order valence-electron chi connectivity index (χ4n) is 2.16. The molecule has 1 heterocycles. The van der Waals surface area contributed by atoms with E-state index in [-0.39, 0.29) is 11.9 Å². The molecule has 5 nitrogen and oxygen atoms in total. The summed E-state index contributed by atoms with van der Waals surface area (Å²) in [6.45, 7) is 7.99. The van der Waals surface area contributed by atoms with Crippen LogP contribution in [0.25, 0.3) is 0 Å². The summed E-state index contributed by atoms with van der Waals surface area (Å²) in [7, 11) is 0. The van der Waals surface area contributed by atoms with Crippen molar-refractivity contribution < 1.29 is 9.53 Å². The molecule has 0 saturated carbocycles. The molecule has 0 aliphatic heterocycles. The quantitative estimate of drug-likeness (QED) is 0.804. The highest BCUT2D eigenvalue weighted by molar-refractivity contribution is 5.85. The Balaban J connectivity index is 2.38. The van der Waals surface area contributed by atoms with Gasteiger partial charge in [-0.3, -0.25) is 4.57 Å². The average molecular weight is 273 g/mol. The van der Waals surface area contributed by atoms with Gasteiger partial charge in [0, 0.05) is 0 Å². The van der Waals surface area contributed by atoms with Crippen LogP contribution in [0.3, 0.4) is 0 Å². The molecule has 2 rings (SSSR count). The van der Waals surface area contributed by atoms with E-state index in [9.17, 15) is 4.79 Å². The van der Waals surface area contributed by atoms with E-state index < -0.39 is 5.97 Å². The molecule has 0 aliphatic rings. The molecule has 1 aromatic heterocycles. The number of carbonyl (C=O) groups is 1. The molecule has 5 heteroatoms. The van der Waals surface area contributed by atoms with E-state index in [1.807, 2.05) is 37.5 Å². The van der Waals surface area contributed by atoms with Gasteiger partial charge in [-0.15, -0.1) is 10.2 Å². The summed E-state index contributed by atoms with van der Waals surface area (Å²) < 4.78 is 6.83. The van der Waals surface area contributed by atoms with Crippen LogP contribution in [-0.4, -0.2) is 27.3 Å². The van der Waals surface area contributed by atoms with Crippen molar-refractivity contribution in [2.75, 3.05) is 6.61 Å². The molecule has 0 saturated heterocycles. The van der Waals surface area contributed by atoms with Crippen LogP contribution >= 0.6 is 0 Å². The van der Waals surface area contributed by atoms with Gasteiger partial charge in [0.1, 0.15) is 5.82 Å². The van der Waals surface area contributed by atoms with Crippen molar-refractivity contribution in [3.05, 3.63) is 47.0 Å². The molecule has 106 valence electrons. The van der Waals surface area contributed by atoms with Crippen LogP contribution in [0, 0.1) is 13.8 Å². The molecule has 1 aromatic carbocycles. The minimum absolute atomic E-state index is 0.0231. The maximum Gasteiger partial charge on any atom is 0.376 e. The predicted octanol–water partition coefficient (Wildman–Crippen LogP) is 2.68. The topological polar surface area (TPSA) is 57.0 Å². The van der Waals surface area contributed by atoms with Gasteiger partial charge in [-0.2, -0.15) is 0 Å². The maximum absolute atomic E-state index is 11.9. The lowest BCUT2D eigenvalue weighted by atomic mass is 10.1. The van der Waals surface area contributed by atoms with Gasteiger partial charge in [0.05, 0.1) is 12.6 Å². The number of hydrogen-bond acceptors (Lipinski definition) is 4. The lowest BCUT2D eigenvalue weighted by Crippen LogP contribution is -2.18. The SMILES string of the molecule is CCOC(=O)c1nnc(C)n1C(C)c1ccc(C)cc1. The summed E-state index contributed by atoms with van der Waals surface area (Å²) in [6, 6.07) is 8.18. The second-order valence-electron chi connectivity index (χ2n) is 4.75. The number of esters is 1. The predicted molar refractivity (Wildman–Crippen MR) is 75.7 cm³/mol. The number of carbonyl (C=O) groups excluding carboxylic acids is 1. The van der Waals surface area contributed by atoms with Crippen LogP contribution in [0.2, 0.25) is 0 Å². The van der Waals surface area contributed by atoms with Gasteiger partial charge in [-0.05, 0) is 33.3 Å². The van der Waals surface area contributed by atoms with Crippen LogP contribution in [0.1, 0.15) is 47.5 Å². The first-order chi connectivity index (χ1) is 9.54. The Labute approximate surface area is 118 Å². The van der Waals surface area contributed by atoms with Crippen LogP contribution < -0.4 is 0 Å². The first-order valence-electron chi connectivity index (χ1n) is 6.69. The van der Waals surface area contributed by atoms with Gasteiger partial charge in [-0.25, -0.2) is 4.79 Å². The Hall–Kier alpha value is -2.17. The average Bonchev–Trinajstić information content (AvgIpc) is 2.81. The molecule has 0 fully saturated rings. The molecule has 0 bridgehead atoms. The van der Waals surface area contributed by atoms with Gasteiger partial charge in [0.15, 0.2) is 0 Å². The molecule has 0 aliphatic carbocycles. The Morgan fingerprint density at radius 2 is 1.90 bits per heavy atom. The fraction of sp³-hybridized carbons (Fsp3) is 0.400. The first kappa shape index (κ1) is 14.2. The molecular weight excluding hydrogens is 254 g/mol. The molecule has 0 N–H and O–H groups in total. The monoisotopic (exact) mass is 273 g/mol. The highest BCUT2D eigenvalue weighted by Crippen LogP contribution is 2.21. The summed E-state index contributed by atoms with van der Waals surface area (Å²) in [4.78, 5) is 11.9. The lowest BCUT2D eigenvalue weighted by Gasteiger charge is -2.17. The molecule has 2 aromatic rings. The van der Waals surface area contributed by atoms with E-state index >= 15 is 0 Å². The number of ether oxygens (including phenoxy) is 1. The Bertz CT molecular complexity index is 602. The van der Waals surface area contributed by atoms with E-state index in [1.54, 1.807) is 6.92 Å². The summed E-state index contributed by atoms with van der Waals surface area (Å²) in [5, 5.41) is 7.93. The van der Waals surface area contributed by atoms with Crippen molar-refractivity contribution >= 4 is 5.97 Å². The first-order valence-corrected chi connectivity index (χ1v) is 6.69. The third-order valence-electron chi connectivity index (χ3n) is 3.27. The van der Waals surface area contributed by atoms with E-state index in [0.29, 0.717) is 12.4 Å². The van der Waals surface area contributed by atoms with Crippen LogP contribution in [0.5, 0.6) is 0 Å². The van der Waals surface area contributed by atoms with Gasteiger partial charge in [0.2, 0.25) is 5.82 Å². The second-order valence-corrected chi connectivity index (χ2v) is 4.75. The molecule has 0 spiro atoms. The molecule has 0 radical (unpaired) electrons. The maximum atomic E-state index is 11.9. The zero-order chi connectivity index (χ0) is 14.7. The summed E-state index contributed by atoms with van der Waals surface area (Å²) in [5.74, 6) is 0.505. The highest BCUT2D eigenvalue weighted by atomic mass is 16.5. The van der Waals surface area contributed by atoms with Crippen molar-refractivity contribution in [1.29, 1.82) is 0 Å². The normalized spacial score (nSPS) is 12.2. The molecular formula is C15H19N3O2. The van der Waals surface area contributed by atoms with Crippen molar-refractivity contribution in [2.45, 2.75) is 33.7 Å². The minimum atomic E-state index is -0.438. The van der Waals surface area contributed by atoms with Crippen molar-refractivity contribution in [1.82, 2.24) is 14.8 Å². The van der Waals surface area contributed by atoms with Crippen molar-refractivity contribution in [2.24, 2.45) is 0 Å². The number of benzene rings is 1. The van der Waals surface area contributed by atoms with Gasteiger partial charge >= 0.3 is 5.97 Å². The van der Waals surface area contributed by atoms with E-state index in [4.69, 9.17) is 4.74 Å². The number of rotatable bonds is 4. The standard InChI is InChI=1S/C15H19N3O2/c1-5-20-15(19)14-17-16-12(4)18(14)11(3)13-8-6-10(2)7-9-13/h6-9,11H,5H2,1-4H3. The summed E-state index contributed by atoms with van der Waals surface area (Å²) in [6.07, 6.45) is 0. The Morgan fingerprint density at radius 3 is 2.50 bits per heavy atom.